The normalized spacial score (nSPS) is 20.1. The Morgan fingerprint density at radius 2 is 2.00 bits per heavy atom. The van der Waals surface area contributed by atoms with Crippen molar-refractivity contribution in [2.24, 2.45) is 0 Å². The summed E-state index contributed by atoms with van der Waals surface area (Å²) in [5.41, 5.74) is 0.211. The second-order valence-corrected chi connectivity index (χ2v) is 6.20. The fourth-order valence-corrected chi connectivity index (χ4v) is 2.57. The molecular weight excluding hydrogens is 354 g/mol. The van der Waals surface area contributed by atoms with Crippen molar-refractivity contribution in [2.75, 3.05) is 26.7 Å². The van der Waals surface area contributed by atoms with Crippen LogP contribution in [0.15, 0.2) is 24.3 Å². The number of amides is 3. The third-order valence-electron chi connectivity index (χ3n) is 4.09. The van der Waals surface area contributed by atoms with E-state index in [1.165, 1.54) is 18.0 Å². The van der Waals surface area contributed by atoms with E-state index in [9.17, 15) is 24.3 Å². The summed E-state index contributed by atoms with van der Waals surface area (Å²) in [6.45, 7) is 0.518. The Hall–Kier alpha value is -3.10. The molecule has 0 aromatic heterocycles. The SMILES string of the molecule is CN1CC(=O)NCCCOc2ccccc2C(=O)N[C@H](C(=O)O)CCC1=O. The van der Waals surface area contributed by atoms with E-state index in [0.717, 1.165) is 0 Å². The number of carbonyl (C=O) groups is 4. The van der Waals surface area contributed by atoms with Crippen molar-refractivity contribution < 1.29 is 29.0 Å². The molecular formula is C18H23N3O6. The van der Waals surface area contributed by atoms with Gasteiger partial charge in [0.15, 0.2) is 0 Å². The fourth-order valence-electron chi connectivity index (χ4n) is 2.57. The number of carbonyl (C=O) groups excluding carboxylic acids is 3. The van der Waals surface area contributed by atoms with Gasteiger partial charge >= 0.3 is 5.97 Å². The van der Waals surface area contributed by atoms with E-state index in [4.69, 9.17) is 4.74 Å². The summed E-state index contributed by atoms with van der Waals surface area (Å²) < 4.78 is 5.60. The molecule has 1 aliphatic rings. The number of fused-ring (bicyclic) bond motifs is 1. The van der Waals surface area contributed by atoms with Crippen molar-refractivity contribution in [2.45, 2.75) is 25.3 Å². The van der Waals surface area contributed by atoms with Gasteiger partial charge in [-0.25, -0.2) is 4.79 Å². The summed E-state index contributed by atoms with van der Waals surface area (Å²) in [5.74, 6) is -2.17. The molecule has 9 nitrogen and oxygen atoms in total. The summed E-state index contributed by atoms with van der Waals surface area (Å²) in [5, 5.41) is 14.5. The predicted molar refractivity (Wildman–Crippen MR) is 95.3 cm³/mol. The quantitative estimate of drug-likeness (QED) is 0.633. The van der Waals surface area contributed by atoms with E-state index in [0.29, 0.717) is 18.7 Å². The molecule has 3 N–H and O–H groups in total. The van der Waals surface area contributed by atoms with Crippen molar-refractivity contribution in [1.29, 1.82) is 0 Å². The zero-order valence-electron chi connectivity index (χ0n) is 15.1. The van der Waals surface area contributed by atoms with Crippen LogP contribution in [0.25, 0.3) is 0 Å². The van der Waals surface area contributed by atoms with Crippen LogP contribution in [0, 0.1) is 0 Å². The molecule has 0 spiro atoms. The van der Waals surface area contributed by atoms with Crippen LogP contribution in [0.1, 0.15) is 29.6 Å². The van der Waals surface area contributed by atoms with Crippen LogP contribution in [-0.2, 0) is 14.4 Å². The number of carboxylic acid groups (broad SMARTS) is 1. The van der Waals surface area contributed by atoms with Crippen molar-refractivity contribution in [3.8, 4) is 5.75 Å². The van der Waals surface area contributed by atoms with Crippen LogP contribution < -0.4 is 15.4 Å². The van der Waals surface area contributed by atoms with Gasteiger partial charge in [0.2, 0.25) is 11.8 Å². The molecule has 9 heteroatoms. The van der Waals surface area contributed by atoms with Gasteiger partial charge in [0.05, 0.1) is 18.7 Å². The summed E-state index contributed by atoms with van der Waals surface area (Å²) >= 11 is 0. The highest BCUT2D eigenvalue weighted by Gasteiger charge is 2.24. The standard InChI is InChI=1S/C18H23N3O6/c1-21-11-15(22)19-9-4-10-27-14-6-3-2-5-12(14)17(24)20-13(18(25)26)7-8-16(21)23/h2-3,5-6,13H,4,7-11H2,1H3,(H,19,22)(H,20,24)(H,25,26)/t13-/m0/s1. The van der Waals surface area contributed by atoms with Crippen LogP contribution in [0.2, 0.25) is 0 Å². The maximum atomic E-state index is 12.5. The van der Waals surface area contributed by atoms with E-state index in [1.807, 2.05) is 0 Å². The Labute approximate surface area is 156 Å². The number of para-hydroxylation sites is 1. The molecule has 1 aliphatic heterocycles. The molecule has 0 saturated carbocycles. The Balaban J connectivity index is 2.20. The third kappa shape index (κ3) is 5.98. The minimum absolute atomic E-state index is 0.0884. The number of carboxylic acids is 1. The van der Waals surface area contributed by atoms with Crippen LogP contribution in [0.4, 0.5) is 0 Å². The number of nitrogens with zero attached hydrogens (tertiary/aromatic N) is 1. The number of hydrogen-bond acceptors (Lipinski definition) is 5. The lowest BCUT2D eigenvalue weighted by atomic mass is 10.1. The van der Waals surface area contributed by atoms with Gasteiger partial charge in [-0.1, -0.05) is 12.1 Å². The van der Waals surface area contributed by atoms with E-state index < -0.39 is 17.9 Å². The van der Waals surface area contributed by atoms with Gasteiger partial charge in [-0.05, 0) is 25.0 Å². The minimum Gasteiger partial charge on any atom is -0.493 e. The summed E-state index contributed by atoms with van der Waals surface area (Å²) in [4.78, 5) is 49.2. The summed E-state index contributed by atoms with van der Waals surface area (Å²) in [7, 11) is 1.47. The highest BCUT2D eigenvalue weighted by molar-refractivity contribution is 5.99. The minimum atomic E-state index is -1.24. The Bertz CT molecular complexity index is 721. The fraction of sp³-hybridized carbons (Fsp3) is 0.444. The molecule has 1 aromatic carbocycles. The lowest BCUT2D eigenvalue weighted by Crippen LogP contribution is -2.43. The largest absolute Gasteiger partial charge is 0.493 e. The second kappa shape index (κ2) is 9.56. The molecule has 146 valence electrons. The average molecular weight is 377 g/mol. The number of rotatable bonds is 1. The van der Waals surface area contributed by atoms with Crippen LogP contribution in [0.5, 0.6) is 5.75 Å². The van der Waals surface area contributed by atoms with Crippen molar-refractivity contribution in [3.05, 3.63) is 29.8 Å². The zero-order chi connectivity index (χ0) is 19.8. The first-order chi connectivity index (χ1) is 12.9. The first kappa shape index (κ1) is 20.2. The lowest BCUT2D eigenvalue weighted by Gasteiger charge is -2.20. The molecule has 0 bridgehead atoms. The number of benzene rings is 1. The molecule has 2 rings (SSSR count). The molecule has 1 aromatic rings. The second-order valence-electron chi connectivity index (χ2n) is 6.20. The van der Waals surface area contributed by atoms with Gasteiger partial charge in [0.1, 0.15) is 11.8 Å². The zero-order valence-corrected chi connectivity index (χ0v) is 15.1. The van der Waals surface area contributed by atoms with Crippen molar-refractivity contribution in [1.82, 2.24) is 15.5 Å². The monoisotopic (exact) mass is 377 g/mol. The first-order valence-electron chi connectivity index (χ1n) is 8.64. The molecule has 0 saturated heterocycles. The molecule has 1 atom stereocenters. The molecule has 0 radical (unpaired) electrons. The van der Waals surface area contributed by atoms with Gasteiger partial charge < -0.3 is 25.4 Å². The number of hydrogen-bond donors (Lipinski definition) is 3. The van der Waals surface area contributed by atoms with Crippen LogP contribution in [-0.4, -0.2) is 66.5 Å². The Morgan fingerprint density at radius 3 is 2.74 bits per heavy atom. The Morgan fingerprint density at radius 1 is 1.26 bits per heavy atom. The number of nitrogens with one attached hydrogen (secondary N) is 2. The van der Waals surface area contributed by atoms with E-state index in [2.05, 4.69) is 10.6 Å². The Kier molecular flexibility index (Phi) is 7.16. The first-order valence-corrected chi connectivity index (χ1v) is 8.64. The average Bonchev–Trinajstić information content (AvgIpc) is 2.63. The molecule has 0 unspecified atom stereocenters. The van der Waals surface area contributed by atoms with E-state index >= 15 is 0 Å². The summed E-state index contributed by atoms with van der Waals surface area (Å²) in [6.07, 6.45) is 0.311. The highest BCUT2D eigenvalue weighted by atomic mass is 16.5. The van der Waals surface area contributed by atoms with Gasteiger partial charge in [-0.3, -0.25) is 14.4 Å². The van der Waals surface area contributed by atoms with E-state index in [1.54, 1.807) is 18.2 Å². The van der Waals surface area contributed by atoms with E-state index in [-0.39, 0.29) is 43.4 Å². The molecule has 0 aliphatic carbocycles. The summed E-state index contributed by atoms with van der Waals surface area (Å²) in [6, 6.07) is 5.27. The van der Waals surface area contributed by atoms with Crippen LogP contribution >= 0.6 is 0 Å². The van der Waals surface area contributed by atoms with Crippen LogP contribution in [0.3, 0.4) is 0 Å². The van der Waals surface area contributed by atoms with Gasteiger partial charge in [0, 0.05) is 20.0 Å². The number of likely N-dealkylation sites (N-methyl/N-ethyl adjacent to an activating group) is 1. The predicted octanol–water partition coefficient (Wildman–Crippen LogP) is 0.00690. The topological polar surface area (TPSA) is 125 Å². The van der Waals surface area contributed by atoms with Gasteiger partial charge in [-0.2, -0.15) is 0 Å². The van der Waals surface area contributed by atoms with Gasteiger partial charge in [0.25, 0.3) is 5.91 Å². The smallest absolute Gasteiger partial charge is 0.326 e. The molecule has 1 heterocycles. The number of ether oxygens (including phenoxy) is 1. The lowest BCUT2D eigenvalue weighted by molar-refractivity contribution is -0.140. The maximum absolute atomic E-state index is 12.5. The van der Waals surface area contributed by atoms with Crippen molar-refractivity contribution in [3.63, 3.8) is 0 Å². The highest BCUT2D eigenvalue weighted by Crippen LogP contribution is 2.18. The third-order valence-corrected chi connectivity index (χ3v) is 4.09. The van der Waals surface area contributed by atoms with Crippen molar-refractivity contribution >= 4 is 23.7 Å². The molecule has 3 amide bonds. The molecule has 27 heavy (non-hydrogen) atoms. The number of aliphatic carboxylic acids is 1. The maximum Gasteiger partial charge on any atom is 0.326 e. The molecule has 0 fully saturated rings. The van der Waals surface area contributed by atoms with Gasteiger partial charge in [-0.15, -0.1) is 0 Å².